The molecule has 5 nitrogen and oxygen atoms in total. The van der Waals surface area contributed by atoms with Gasteiger partial charge in [-0.2, -0.15) is 0 Å². The van der Waals surface area contributed by atoms with Gasteiger partial charge in [-0.25, -0.2) is 0 Å². The summed E-state index contributed by atoms with van der Waals surface area (Å²) in [7, 11) is 4.18. The molecule has 2 rings (SSSR count). The maximum absolute atomic E-state index is 12.3. The number of aliphatic carboxylic acids is 1. The third-order valence-electron chi connectivity index (χ3n) is 5.48. The molecule has 0 bridgehead atoms. The highest BCUT2D eigenvalue weighted by Gasteiger charge is 2.37. The monoisotopic (exact) mass is 296 g/mol. The molecule has 2 saturated carbocycles. The predicted molar refractivity (Wildman–Crippen MR) is 81.0 cm³/mol. The van der Waals surface area contributed by atoms with E-state index in [0.717, 1.165) is 12.8 Å². The lowest BCUT2D eigenvalue weighted by Crippen LogP contribution is -2.54. The van der Waals surface area contributed by atoms with E-state index in [-0.39, 0.29) is 23.3 Å². The molecular weight excluding hydrogens is 268 g/mol. The zero-order chi connectivity index (χ0) is 15.5. The van der Waals surface area contributed by atoms with Crippen LogP contribution in [0.1, 0.15) is 51.4 Å². The van der Waals surface area contributed by atoms with E-state index in [9.17, 15) is 9.59 Å². The number of carbonyl (C=O) groups excluding carboxylic acids is 1. The van der Waals surface area contributed by atoms with Crippen LogP contribution >= 0.6 is 0 Å². The molecule has 0 radical (unpaired) electrons. The van der Waals surface area contributed by atoms with Crippen LogP contribution in [0.25, 0.3) is 0 Å². The van der Waals surface area contributed by atoms with Gasteiger partial charge in [0.05, 0.1) is 5.92 Å². The van der Waals surface area contributed by atoms with Crippen LogP contribution in [0.3, 0.4) is 0 Å². The highest BCUT2D eigenvalue weighted by molar-refractivity contribution is 5.80. The van der Waals surface area contributed by atoms with Gasteiger partial charge in [-0.3, -0.25) is 9.59 Å². The fraction of sp³-hybridized carbons (Fsp3) is 0.875. The van der Waals surface area contributed by atoms with Crippen LogP contribution in [0.5, 0.6) is 0 Å². The number of nitrogens with one attached hydrogen (secondary N) is 1. The van der Waals surface area contributed by atoms with Crippen LogP contribution in [0.4, 0.5) is 0 Å². The Kier molecular flexibility index (Phi) is 5.25. The van der Waals surface area contributed by atoms with Gasteiger partial charge in [-0.05, 0) is 46.2 Å². The first-order valence-corrected chi connectivity index (χ1v) is 8.12. The highest BCUT2D eigenvalue weighted by Crippen LogP contribution is 2.33. The molecule has 2 aliphatic carbocycles. The Morgan fingerprint density at radius 3 is 2.29 bits per heavy atom. The third-order valence-corrected chi connectivity index (χ3v) is 5.48. The van der Waals surface area contributed by atoms with Gasteiger partial charge >= 0.3 is 5.97 Å². The van der Waals surface area contributed by atoms with Crippen LogP contribution < -0.4 is 5.32 Å². The molecule has 0 saturated heterocycles. The van der Waals surface area contributed by atoms with Crippen molar-refractivity contribution in [2.75, 3.05) is 20.6 Å². The molecule has 2 unspecified atom stereocenters. The summed E-state index contributed by atoms with van der Waals surface area (Å²) < 4.78 is 0. The van der Waals surface area contributed by atoms with Crippen molar-refractivity contribution in [1.82, 2.24) is 10.2 Å². The van der Waals surface area contributed by atoms with Crippen LogP contribution in [0.15, 0.2) is 0 Å². The lowest BCUT2D eigenvalue weighted by atomic mass is 9.80. The summed E-state index contributed by atoms with van der Waals surface area (Å²) in [5, 5.41) is 12.1. The molecule has 120 valence electrons. The molecular formula is C16H28N2O3. The van der Waals surface area contributed by atoms with E-state index in [1.165, 1.54) is 19.3 Å². The Balaban J connectivity index is 1.86. The number of hydrogen-bond donors (Lipinski definition) is 2. The molecule has 0 heterocycles. The van der Waals surface area contributed by atoms with Gasteiger partial charge < -0.3 is 15.3 Å². The number of amides is 1. The minimum atomic E-state index is -0.762. The van der Waals surface area contributed by atoms with Gasteiger partial charge in [-0.1, -0.05) is 19.3 Å². The molecule has 2 fully saturated rings. The highest BCUT2D eigenvalue weighted by atomic mass is 16.4. The summed E-state index contributed by atoms with van der Waals surface area (Å²) in [5.41, 5.74) is 0.0821. The number of rotatable bonds is 5. The van der Waals surface area contributed by atoms with Gasteiger partial charge in [-0.15, -0.1) is 0 Å². The molecule has 2 aliphatic rings. The maximum atomic E-state index is 12.3. The number of carbonyl (C=O) groups is 2. The van der Waals surface area contributed by atoms with E-state index in [1.807, 2.05) is 0 Å². The van der Waals surface area contributed by atoms with Crippen LogP contribution in [-0.4, -0.2) is 48.1 Å². The van der Waals surface area contributed by atoms with Gasteiger partial charge in [0.15, 0.2) is 0 Å². The second-order valence-corrected chi connectivity index (χ2v) is 6.94. The second-order valence-electron chi connectivity index (χ2n) is 6.94. The van der Waals surface area contributed by atoms with E-state index < -0.39 is 5.97 Å². The van der Waals surface area contributed by atoms with E-state index in [4.69, 9.17) is 5.11 Å². The van der Waals surface area contributed by atoms with Crippen molar-refractivity contribution in [3.63, 3.8) is 0 Å². The summed E-state index contributed by atoms with van der Waals surface area (Å²) >= 11 is 0. The average molecular weight is 296 g/mol. The smallest absolute Gasteiger partial charge is 0.306 e. The number of carboxylic acid groups (broad SMARTS) is 1. The Labute approximate surface area is 127 Å². The summed E-state index contributed by atoms with van der Waals surface area (Å²) in [6.07, 6.45) is 7.81. The first-order chi connectivity index (χ1) is 9.94. The molecule has 2 N–H and O–H groups in total. The van der Waals surface area contributed by atoms with Crippen LogP contribution in [-0.2, 0) is 9.59 Å². The van der Waals surface area contributed by atoms with Crippen molar-refractivity contribution in [1.29, 1.82) is 0 Å². The lowest BCUT2D eigenvalue weighted by molar-refractivity contribution is -0.141. The van der Waals surface area contributed by atoms with E-state index in [2.05, 4.69) is 24.3 Å². The number of likely N-dealkylation sites (N-methyl/N-ethyl adjacent to an activating group) is 1. The summed E-state index contributed by atoms with van der Waals surface area (Å²) in [6, 6.07) is 0. The van der Waals surface area contributed by atoms with Crippen LogP contribution in [0.2, 0.25) is 0 Å². The Morgan fingerprint density at radius 1 is 1.14 bits per heavy atom. The van der Waals surface area contributed by atoms with Crippen molar-refractivity contribution in [3.8, 4) is 0 Å². The molecule has 1 amide bonds. The Hall–Kier alpha value is -1.10. The number of nitrogens with zero attached hydrogens (tertiary/aromatic N) is 1. The van der Waals surface area contributed by atoms with Crippen molar-refractivity contribution >= 4 is 11.9 Å². The SMILES string of the molecule is CN(C)C1(CNC(=O)C2CCC(C(=O)O)C2)CCCCC1. The average Bonchev–Trinajstić information content (AvgIpc) is 2.95. The van der Waals surface area contributed by atoms with E-state index in [0.29, 0.717) is 25.8 Å². The van der Waals surface area contributed by atoms with Crippen molar-refractivity contribution in [2.45, 2.75) is 56.9 Å². The lowest BCUT2D eigenvalue weighted by Gasteiger charge is -2.43. The van der Waals surface area contributed by atoms with Crippen molar-refractivity contribution < 1.29 is 14.7 Å². The topological polar surface area (TPSA) is 69.6 Å². The minimum Gasteiger partial charge on any atom is -0.481 e. The maximum Gasteiger partial charge on any atom is 0.306 e. The van der Waals surface area contributed by atoms with Crippen LogP contribution in [0, 0.1) is 11.8 Å². The standard InChI is InChI=1S/C16H28N2O3/c1-18(2)16(8-4-3-5-9-16)11-17-14(19)12-6-7-13(10-12)15(20)21/h12-13H,3-11H2,1-2H3,(H,17,19)(H,20,21). The molecule has 0 aromatic heterocycles. The Bertz CT molecular complexity index is 389. The Morgan fingerprint density at radius 2 is 1.76 bits per heavy atom. The predicted octanol–water partition coefficient (Wildman–Crippen LogP) is 1.87. The fourth-order valence-electron chi connectivity index (χ4n) is 3.83. The van der Waals surface area contributed by atoms with Gasteiger partial charge in [0.25, 0.3) is 0 Å². The van der Waals surface area contributed by atoms with Gasteiger partial charge in [0.1, 0.15) is 0 Å². The third kappa shape index (κ3) is 3.76. The van der Waals surface area contributed by atoms with Gasteiger partial charge in [0, 0.05) is 18.0 Å². The molecule has 5 heteroatoms. The quantitative estimate of drug-likeness (QED) is 0.812. The molecule has 0 aromatic carbocycles. The first-order valence-electron chi connectivity index (χ1n) is 8.12. The summed E-state index contributed by atoms with van der Waals surface area (Å²) in [5.74, 6) is -1.17. The summed E-state index contributed by atoms with van der Waals surface area (Å²) in [6.45, 7) is 0.688. The first kappa shape index (κ1) is 16.3. The van der Waals surface area contributed by atoms with E-state index >= 15 is 0 Å². The second kappa shape index (κ2) is 6.77. The van der Waals surface area contributed by atoms with Crippen molar-refractivity contribution in [2.24, 2.45) is 11.8 Å². The minimum absolute atomic E-state index is 0.0468. The zero-order valence-electron chi connectivity index (χ0n) is 13.2. The van der Waals surface area contributed by atoms with Crippen molar-refractivity contribution in [3.05, 3.63) is 0 Å². The van der Waals surface area contributed by atoms with Gasteiger partial charge in [0.2, 0.25) is 5.91 Å². The number of hydrogen-bond acceptors (Lipinski definition) is 3. The normalized spacial score (nSPS) is 28.5. The zero-order valence-corrected chi connectivity index (χ0v) is 13.2. The molecule has 0 aromatic rings. The largest absolute Gasteiger partial charge is 0.481 e. The molecule has 0 aliphatic heterocycles. The molecule has 21 heavy (non-hydrogen) atoms. The summed E-state index contributed by atoms with van der Waals surface area (Å²) in [4.78, 5) is 25.5. The fourth-order valence-corrected chi connectivity index (χ4v) is 3.83. The van der Waals surface area contributed by atoms with E-state index in [1.54, 1.807) is 0 Å². The number of carboxylic acids is 1. The molecule has 2 atom stereocenters. The molecule has 0 spiro atoms.